The largest absolute Gasteiger partial charge is 0.343 e. The van der Waals surface area contributed by atoms with E-state index >= 15 is 0 Å². The van der Waals surface area contributed by atoms with Gasteiger partial charge in [0.05, 0.1) is 11.4 Å². The van der Waals surface area contributed by atoms with Crippen molar-refractivity contribution in [1.82, 2.24) is 19.8 Å². The number of rotatable bonds is 7. The molecule has 2 rings (SSSR count). The number of nitrogens with zero attached hydrogens (tertiary/aromatic N) is 2. The average molecular weight is 433 g/mol. The summed E-state index contributed by atoms with van der Waals surface area (Å²) in [6.45, 7) is 8.06. The normalized spacial score (nSPS) is 17.1. The van der Waals surface area contributed by atoms with Crippen molar-refractivity contribution >= 4 is 34.2 Å². The highest BCUT2D eigenvalue weighted by molar-refractivity contribution is 7.89. The number of amides is 2. The maximum Gasteiger partial charge on any atom is 0.251 e. The highest BCUT2D eigenvalue weighted by Crippen LogP contribution is 2.17. The lowest BCUT2D eigenvalue weighted by molar-refractivity contribution is -0.131. The molecule has 1 aromatic rings. The van der Waals surface area contributed by atoms with E-state index in [0.29, 0.717) is 26.2 Å². The van der Waals surface area contributed by atoms with E-state index in [1.807, 2.05) is 6.92 Å². The number of hydrogen-bond acceptors (Lipinski definition) is 5. The molecule has 1 saturated heterocycles. The van der Waals surface area contributed by atoms with Gasteiger partial charge < -0.3 is 15.5 Å². The quantitative estimate of drug-likeness (QED) is 0.660. The predicted octanol–water partition coefficient (Wildman–Crippen LogP) is 0.689. The van der Waals surface area contributed by atoms with Gasteiger partial charge in [-0.25, -0.2) is 8.42 Å². The van der Waals surface area contributed by atoms with Crippen molar-refractivity contribution in [2.45, 2.75) is 31.7 Å². The van der Waals surface area contributed by atoms with Crippen LogP contribution in [0, 0.1) is 0 Å². The molecule has 1 aliphatic heterocycles. The molecule has 0 aromatic heterocycles. The second-order valence-corrected chi connectivity index (χ2v) is 8.43. The maximum absolute atomic E-state index is 12.6. The fourth-order valence-corrected chi connectivity index (χ4v) is 4.54. The van der Waals surface area contributed by atoms with Gasteiger partial charge in [-0.3, -0.25) is 9.59 Å². The third-order valence-corrected chi connectivity index (χ3v) is 6.61. The average Bonchev–Trinajstić information content (AvgIpc) is 2.66. The maximum atomic E-state index is 12.6. The van der Waals surface area contributed by atoms with Crippen LogP contribution in [0.4, 0.5) is 0 Å². The minimum atomic E-state index is -3.64. The molecule has 1 fully saturated rings. The van der Waals surface area contributed by atoms with E-state index in [1.165, 1.54) is 28.6 Å². The van der Waals surface area contributed by atoms with E-state index in [0.717, 1.165) is 6.54 Å². The third-order valence-electron chi connectivity index (χ3n) is 4.56. The van der Waals surface area contributed by atoms with Crippen molar-refractivity contribution in [3.63, 3.8) is 0 Å². The summed E-state index contributed by atoms with van der Waals surface area (Å²) in [6.07, 6.45) is 0. The molecule has 0 spiro atoms. The van der Waals surface area contributed by atoms with Crippen molar-refractivity contribution in [2.24, 2.45) is 0 Å². The van der Waals surface area contributed by atoms with Gasteiger partial charge in [-0.15, -0.1) is 12.4 Å². The van der Waals surface area contributed by atoms with Gasteiger partial charge in [0.15, 0.2) is 0 Å². The first-order valence-electron chi connectivity index (χ1n) is 9.19. The number of piperazine rings is 1. The molecule has 1 unspecified atom stereocenters. The number of hydrogen-bond donors (Lipinski definition) is 2. The van der Waals surface area contributed by atoms with Gasteiger partial charge in [-0.2, -0.15) is 4.31 Å². The molecule has 10 heteroatoms. The van der Waals surface area contributed by atoms with Gasteiger partial charge in [-0.05, 0) is 25.1 Å². The minimum absolute atomic E-state index is 0. The second-order valence-electron chi connectivity index (χ2n) is 6.49. The summed E-state index contributed by atoms with van der Waals surface area (Å²) in [5.41, 5.74) is 0.213. The topological polar surface area (TPSA) is 98.8 Å². The van der Waals surface area contributed by atoms with E-state index in [2.05, 4.69) is 10.6 Å². The zero-order valence-electron chi connectivity index (χ0n) is 16.5. The molecule has 158 valence electrons. The number of sulfonamides is 1. The SMILES string of the molecule is CCN(CC)S(=O)(=O)c1cccc(C(=O)NCC(=O)N2CCNC(C)C2)c1.Cl. The highest BCUT2D eigenvalue weighted by atomic mass is 35.5. The smallest absolute Gasteiger partial charge is 0.251 e. The zero-order chi connectivity index (χ0) is 20.0. The van der Waals surface area contributed by atoms with Crippen LogP contribution in [0.5, 0.6) is 0 Å². The molecule has 1 atom stereocenters. The summed E-state index contributed by atoms with van der Waals surface area (Å²) in [7, 11) is -3.64. The summed E-state index contributed by atoms with van der Waals surface area (Å²) < 4.78 is 26.5. The third kappa shape index (κ3) is 5.91. The Hall–Kier alpha value is -1.68. The summed E-state index contributed by atoms with van der Waals surface area (Å²) in [6, 6.07) is 6.11. The lowest BCUT2D eigenvalue weighted by Crippen LogP contribution is -2.53. The van der Waals surface area contributed by atoms with Crippen LogP contribution in [0.3, 0.4) is 0 Å². The first-order valence-corrected chi connectivity index (χ1v) is 10.6. The molecular formula is C18H29ClN4O4S. The van der Waals surface area contributed by atoms with Crippen LogP contribution in [0.1, 0.15) is 31.1 Å². The molecule has 0 radical (unpaired) electrons. The highest BCUT2D eigenvalue weighted by Gasteiger charge is 2.23. The van der Waals surface area contributed by atoms with Gasteiger partial charge in [0.2, 0.25) is 15.9 Å². The molecular weight excluding hydrogens is 404 g/mol. The zero-order valence-corrected chi connectivity index (χ0v) is 18.1. The Morgan fingerprint density at radius 1 is 1.29 bits per heavy atom. The Bertz CT molecular complexity index is 784. The van der Waals surface area contributed by atoms with Crippen molar-refractivity contribution in [1.29, 1.82) is 0 Å². The van der Waals surface area contributed by atoms with Gasteiger partial charge in [0.25, 0.3) is 5.91 Å². The monoisotopic (exact) mass is 432 g/mol. The Kier molecular flexibility index (Phi) is 9.35. The van der Waals surface area contributed by atoms with Gasteiger partial charge in [0, 0.05) is 44.3 Å². The molecule has 0 aliphatic carbocycles. The standard InChI is InChI=1S/C18H28N4O4S.ClH/c1-4-22(5-2)27(25,26)16-8-6-7-15(11-16)18(24)20-12-17(23)21-10-9-19-14(3)13-21;/h6-8,11,14,19H,4-5,9-10,12-13H2,1-3H3,(H,20,24);1H. The molecule has 0 bridgehead atoms. The van der Waals surface area contributed by atoms with Crippen molar-refractivity contribution in [3.05, 3.63) is 29.8 Å². The van der Waals surface area contributed by atoms with Crippen molar-refractivity contribution < 1.29 is 18.0 Å². The molecule has 28 heavy (non-hydrogen) atoms. The molecule has 2 amide bonds. The molecule has 1 aromatic carbocycles. The van der Waals surface area contributed by atoms with Crippen LogP contribution in [-0.4, -0.2) is 74.7 Å². The summed E-state index contributed by atoms with van der Waals surface area (Å²) in [5.74, 6) is -0.619. The van der Waals surface area contributed by atoms with Crippen LogP contribution in [-0.2, 0) is 14.8 Å². The minimum Gasteiger partial charge on any atom is -0.343 e. The van der Waals surface area contributed by atoms with Crippen LogP contribution in [0.25, 0.3) is 0 Å². The van der Waals surface area contributed by atoms with E-state index in [-0.39, 0.29) is 41.4 Å². The Balaban J connectivity index is 0.00000392. The molecule has 1 heterocycles. The van der Waals surface area contributed by atoms with E-state index in [4.69, 9.17) is 0 Å². The Morgan fingerprint density at radius 3 is 2.57 bits per heavy atom. The van der Waals surface area contributed by atoms with Crippen LogP contribution in [0.15, 0.2) is 29.2 Å². The van der Waals surface area contributed by atoms with Crippen molar-refractivity contribution in [3.8, 4) is 0 Å². The molecule has 0 saturated carbocycles. The van der Waals surface area contributed by atoms with Crippen LogP contribution >= 0.6 is 12.4 Å². The van der Waals surface area contributed by atoms with Crippen LogP contribution in [0.2, 0.25) is 0 Å². The van der Waals surface area contributed by atoms with Crippen molar-refractivity contribution in [2.75, 3.05) is 39.3 Å². The number of carbonyl (C=O) groups is 2. The van der Waals surface area contributed by atoms with E-state index in [9.17, 15) is 18.0 Å². The van der Waals surface area contributed by atoms with Gasteiger partial charge in [0.1, 0.15) is 0 Å². The second kappa shape index (κ2) is 10.8. The van der Waals surface area contributed by atoms with Gasteiger partial charge >= 0.3 is 0 Å². The summed E-state index contributed by atoms with van der Waals surface area (Å²) in [5, 5.41) is 5.84. The van der Waals surface area contributed by atoms with E-state index in [1.54, 1.807) is 18.7 Å². The number of benzene rings is 1. The molecule has 2 N–H and O–H groups in total. The lowest BCUT2D eigenvalue weighted by atomic mass is 10.2. The summed E-state index contributed by atoms with van der Waals surface area (Å²) in [4.78, 5) is 26.4. The first-order chi connectivity index (χ1) is 12.8. The fourth-order valence-electron chi connectivity index (χ4n) is 3.04. The number of halogens is 1. The fraction of sp³-hybridized carbons (Fsp3) is 0.556. The Labute approximate surface area is 173 Å². The molecule has 8 nitrogen and oxygen atoms in total. The lowest BCUT2D eigenvalue weighted by Gasteiger charge is -2.31. The molecule has 1 aliphatic rings. The van der Waals surface area contributed by atoms with E-state index < -0.39 is 15.9 Å². The van der Waals surface area contributed by atoms with Crippen LogP contribution < -0.4 is 10.6 Å². The number of carbonyl (C=O) groups excluding carboxylic acids is 2. The summed E-state index contributed by atoms with van der Waals surface area (Å²) >= 11 is 0. The first kappa shape index (κ1) is 24.4. The predicted molar refractivity (Wildman–Crippen MR) is 110 cm³/mol. The Morgan fingerprint density at radius 2 is 1.96 bits per heavy atom. The van der Waals surface area contributed by atoms with Gasteiger partial charge in [-0.1, -0.05) is 19.9 Å². The number of nitrogens with one attached hydrogen (secondary N) is 2.